The fourth-order valence-corrected chi connectivity index (χ4v) is 3.15. The highest BCUT2D eigenvalue weighted by Gasteiger charge is 2.19. The van der Waals surface area contributed by atoms with E-state index in [-0.39, 0.29) is 0 Å². The first kappa shape index (κ1) is 14.4. The van der Waals surface area contributed by atoms with Gasteiger partial charge in [0.1, 0.15) is 5.82 Å². The highest BCUT2D eigenvalue weighted by molar-refractivity contribution is 6.17. The Kier molecular flexibility index (Phi) is 4.16. The van der Waals surface area contributed by atoms with Crippen molar-refractivity contribution < 1.29 is 0 Å². The van der Waals surface area contributed by atoms with Crippen LogP contribution in [0.5, 0.6) is 0 Å². The molecule has 0 fully saturated rings. The summed E-state index contributed by atoms with van der Waals surface area (Å²) in [6, 6.07) is 10.9. The summed E-state index contributed by atoms with van der Waals surface area (Å²) in [6.07, 6.45) is 3.26. The Balaban J connectivity index is 2.06. The summed E-state index contributed by atoms with van der Waals surface area (Å²) in [4.78, 5) is 7.15. The van der Waals surface area contributed by atoms with Crippen LogP contribution in [-0.2, 0) is 18.7 Å². The molecule has 110 valence electrons. The molecule has 1 aliphatic rings. The second-order valence-electron chi connectivity index (χ2n) is 5.70. The molecule has 3 heteroatoms. The van der Waals surface area contributed by atoms with E-state index < -0.39 is 0 Å². The molecule has 0 saturated heterocycles. The van der Waals surface area contributed by atoms with Crippen molar-refractivity contribution in [2.75, 3.05) is 11.4 Å². The predicted octanol–water partition coefficient (Wildman–Crippen LogP) is 4.78. The molecule has 0 amide bonds. The van der Waals surface area contributed by atoms with Crippen LogP contribution in [0.2, 0.25) is 0 Å². The maximum Gasteiger partial charge on any atom is 0.133 e. The van der Waals surface area contributed by atoms with Crippen LogP contribution in [0.4, 0.5) is 11.5 Å². The Bertz CT molecular complexity index is 629. The lowest BCUT2D eigenvalue weighted by Gasteiger charge is -2.31. The number of aryl methyl sites for hydroxylation is 3. The fraction of sp³-hybridized carbons (Fsp3) is 0.389. The Hall–Kier alpha value is -1.54. The lowest BCUT2D eigenvalue weighted by Crippen LogP contribution is -2.25. The van der Waals surface area contributed by atoms with E-state index in [1.54, 1.807) is 0 Å². The lowest BCUT2D eigenvalue weighted by atomic mass is 9.99. The van der Waals surface area contributed by atoms with Crippen molar-refractivity contribution in [3.63, 3.8) is 0 Å². The summed E-state index contributed by atoms with van der Waals surface area (Å²) in [7, 11) is 0. The largest absolute Gasteiger partial charge is 0.326 e. The van der Waals surface area contributed by atoms with E-state index in [0.29, 0.717) is 5.88 Å². The third-order valence-corrected chi connectivity index (χ3v) is 4.38. The molecular formula is C18H21ClN2. The van der Waals surface area contributed by atoms with Crippen molar-refractivity contribution in [1.29, 1.82) is 0 Å². The van der Waals surface area contributed by atoms with E-state index >= 15 is 0 Å². The van der Waals surface area contributed by atoms with Gasteiger partial charge in [-0.2, -0.15) is 0 Å². The summed E-state index contributed by atoms with van der Waals surface area (Å²) in [5.41, 5.74) is 6.32. The number of anilines is 2. The van der Waals surface area contributed by atoms with Gasteiger partial charge in [-0.3, -0.25) is 0 Å². The van der Waals surface area contributed by atoms with Crippen LogP contribution < -0.4 is 4.90 Å². The van der Waals surface area contributed by atoms with E-state index in [9.17, 15) is 0 Å². The molecule has 0 N–H and O–H groups in total. The van der Waals surface area contributed by atoms with Crippen molar-refractivity contribution in [1.82, 2.24) is 4.98 Å². The molecule has 0 spiro atoms. The Labute approximate surface area is 131 Å². The number of aromatic nitrogens is 1. The van der Waals surface area contributed by atoms with Gasteiger partial charge in [0.05, 0.1) is 0 Å². The molecule has 2 nitrogen and oxygen atoms in total. The van der Waals surface area contributed by atoms with Crippen LogP contribution in [-0.4, -0.2) is 11.5 Å². The van der Waals surface area contributed by atoms with Gasteiger partial charge in [0.25, 0.3) is 0 Å². The third-order valence-electron chi connectivity index (χ3n) is 4.07. The van der Waals surface area contributed by atoms with Crippen LogP contribution in [0, 0.1) is 6.92 Å². The van der Waals surface area contributed by atoms with Crippen molar-refractivity contribution in [2.24, 2.45) is 0 Å². The van der Waals surface area contributed by atoms with Gasteiger partial charge in [-0.1, -0.05) is 24.6 Å². The van der Waals surface area contributed by atoms with Gasteiger partial charge in [0.2, 0.25) is 0 Å². The smallest absolute Gasteiger partial charge is 0.133 e. The molecule has 0 atom stereocenters. The molecule has 0 bridgehead atoms. The predicted molar refractivity (Wildman–Crippen MR) is 89.7 cm³/mol. The second kappa shape index (κ2) is 6.07. The summed E-state index contributed by atoms with van der Waals surface area (Å²) in [6.45, 7) is 5.32. The Morgan fingerprint density at radius 1 is 1.24 bits per heavy atom. The molecular weight excluding hydrogens is 280 g/mol. The minimum atomic E-state index is 0.539. The summed E-state index contributed by atoms with van der Waals surface area (Å²) < 4.78 is 0. The first-order valence-electron chi connectivity index (χ1n) is 7.64. The van der Waals surface area contributed by atoms with Crippen LogP contribution in [0.15, 0.2) is 30.3 Å². The van der Waals surface area contributed by atoms with E-state index in [1.165, 1.54) is 23.2 Å². The van der Waals surface area contributed by atoms with E-state index in [2.05, 4.69) is 49.1 Å². The molecule has 0 saturated carbocycles. The maximum atomic E-state index is 6.04. The highest BCUT2D eigenvalue weighted by Crippen LogP contribution is 2.33. The zero-order valence-electron chi connectivity index (χ0n) is 12.7. The zero-order valence-corrected chi connectivity index (χ0v) is 13.5. The van der Waals surface area contributed by atoms with Crippen LogP contribution >= 0.6 is 11.6 Å². The van der Waals surface area contributed by atoms with Crippen LogP contribution in [0.25, 0.3) is 0 Å². The molecule has 3 rings (SSSR count). The van der Waals surface area contributed by atoms with Crippen molar-refractivity contribution in [3.05, 3.63) is 52.7 Å². The van der Waals surface area contributed by atoms with Gasteiger partial charge < -0.3 is 4.90 Å². The Morgan fingerprint density at radius 3 is 2.86 bits per heavy atom. The monoisotopic (exact) mass is 300 g/mol. The highest BCUT2D eigenvalue weighted by atomic mass is 35.5. The SMILES string of the molecule is CCc1cc(CCl)cc(N2CCCc3cc(C)ccc32)n1. The van der Waals surface area contributed by atoms with Gasteiger partial charge in [0, 0.05) is 23.8 Å². The number of fused-ring (bicyclic) bond motifs is 1. The number of pyridine rings is 1. The summed E-state index contributed by atoms with van der Waals surface area (Å²) in [5, 5.41) is 0. The maximum absolute atomic E-state index is 6.04. The number of hydrogen-bond acceptors (Lipinski definition) is 2. The molecule has 21 heavy (non-hydrogen) atoms. The standard InChI is InChI=1S/C18H21ClN2/c1-3-16-10-14(12-19)11-18(20-16)21-8-4-5-15-9-13(2)6-7-17(15)21/h6-7,9-11H,3-5,8,12H2,1-2H3. The Morgan fingerprint density at radius 2 is 2.10 bits per heavy atom. The average molecular weight is 301 g/mol. The molecule has 1 aliphatic heterocycles. The topological polar surface area (TPSA) is 16.1 Å². The molecule has 1 aromatic carbocycles. The normalized spacial score (nSPS) is 14.1. The number of rotatable bonds is 3. The minimum absolute atomic E-state index is 0.539. The molecule has 2 heterocycles. The third kappa shape index (κ3) is 2.91. The van der Waals surface area contributed by atoms with Gasteiger partial charge in [-0.05, 0) is 55.5 Å². The molecule has 0 radical (unpaired) electrons. The lowest BCUT2D eigenvalue weighted by molar-refractivity contribution is 0.756. The van der Waals surface area contributed by atoms with E-state index in [1.807, 2.05) is 0 Å². The number of alkyl halides is 1. The number of halogens is 1. The molecule has 2 aromatic rings. The summed E-state index contributed by atoms with van der Waals surface area (Å²) >= 11 is 6.04. The molecule has 0 unspecified atom stereocenters. The average Bonchev–Trinajstić information content (AvgIpc) is 2.53. The second-order valence-corrected chi connectivity index (χ2v) is 5.97. The van der Waals surface area contributed by atoms with Crippen molar-refractivity contribution in [2.45, 2.75) is 39.0 Å². The molecule has 1 aromatic heterocycles. The number of nitrogens with zero attached hydrogens (tertiary/aromatic N) is 2. The van der Waals surface area contributed by atoms with Crippen molar-refractivity contribution in [3.8, 4) is 0 Å². The molecule has 0 aliphatic carbocycles. The van der Waals surface area contributed by atoms with Gasteiger partial charge >= 0.3 is 0 Å². The minimum Gasteiger partial charge on any atom is -0.326 e. The number of hydrogen-bond donors (Lipinski definition) is 0. The summed E-state index contributed by atoms with van der Waals surface area (Å²) in [5.74, 6) is 1.58. The van der Waals surface area contributed by atoms with Crippen molar-refractivity contribution >= 4 is 23.1 Å². The first-order valence-corrected chi connectivity index (χ1v) is 8.17. The number of benzene rings is 1. The zero-order chi connectivity index (χ0) is 14.8. The quantitative estimate of drug-likeness (QED) is 0.759. The van der Waals surface area contributed by atoms with Crippen LogP contribution in [0.3, 0.4) is 0 Å². The van der Waals surface area contributed by atoms with Crippen LogP contribution in [0.1, 0.15) is 35.7 Å². The van der Waals surface area contributed by atoms with E-state index in [0.717, 1.165) is 36.5 Å². The fourth-order valence-electron chi connectivity index (χ4n) is 2.99. The van der Waals surface area contributed by atoms with E-state index in [4.69, 9.17) is 16.6 Å². The first-order chi connectivity index (χ1) is 10.2. The van der Waals surface area contributed by atoms with Gasteiger partial charge in [-0.25, -0.2) is 4.98 Å². The van der Waals surface area contributed by atoms with Gasteiger partial charge in [-0.15, -0.1) is 11.6 Å². The van der Waals surface area contributed by atoms with Gasteiger partial charge in [0.15, 0.2) is 0 Å².